The summed E-state index contributed by atoms with van der Waals surface area (Å²) in [6.07, 6.45) is 1.16. The van der Waals surface area contributed by atoms with Crippen LogP contribution in [0.5, 0.6) is 0 Å². The van der Waals surface area contributed by atoms with Crippen molar-refractivity contribution in [2.75, 3.05) is 32.4 Å². The molecule has 1 saturated heterocycles. The van der Waals surface area contributed by atoms with Gasteiger partial charge in [0.2, 0.25) is 5.89 Å². The van der Waals surface area contributed by atoms with E-state index in [-0.39, 0.29) is 5.89 Å². The van der Waals surface area contributed by atoms with E-state index in [1.165, 1.54) is 0 Å². The second-order valence-corrected chi connectivity index (χ2v) is 6.91. The zero-order chi connectivity index (χ0) is 13.2. The maximum Gasteiger partial charge on any atom is 0.244 e. The number of aromatic nitrogens is 2. The molecule has 1 aromatic heterocycles. The number of piperazine rings is 1. The Labute approximate surface area is 106 Å². The van der Waals surface area contributed by atoms with E-state index in [0.29, 0.717) is 12.4 Å². The molecule has 7 nitrogen and oxygen atoms in total. The van der Waals surface area contributed by atoms with E-state index < -0.39 is 15.1 Å². The highest BCUT2D eigenvalue weighted by Crippen LogP contribution is 2.18. The van der Waals surface area contributed by atoms with E-state index in [4.69, 9.17) is 4.52 Å². The van der Waals surface area contributed by atoms with E-state index in [9.17, 15) is 8.42 Å². The first-order valence-corrected chi connectivity index (χ1v) is 7.86. The smallest absolute Gasteiger partial charge is 0.244 e. The molecule has 1 N–H and O–H groups in total. The molecule has 2 rings (SSSR count). The molecule has 0 aromatic carbocycles. The number of rotatable bonds is 4. The average molecular weight is 274 g/mol. The zero-order valence-corrected chi connectivity index (χ0v) is 11.4. The third-order valence-corrected chi connectivity index (χ3v) is 4.53. The molecule has 0 amide bonds. The summed E-state index contributed by atoms with van der Waals surface area (Å²) in [5.41, 5.74) is 0. The Morgan fingerprint density at radius 2 is 2.11 bits per heavy atom. The fourth-order valence-corrected chi connectivity index (χ4v) is 2.21. The lowest BCUT2D eigenvalue weighted by Gasteiger charge is -2.25. The fraction of sp³-hybridized carbons (Fsp3) is 0.800. The van der Waals surface area contributed by atoms with E-state index in [1.807, 2.05) is 0 Å². The van der Waals surface area contributed by atoms with Crippen molar-refractivity contribution in [2.45, 2.75) is 18.7 Å². The van der Waals surface area contributed by atoms with Crippen molar-refractivity contribution >= 4 is 9.84 Å². The predicted molar refractivity (Wildman–Crippen MR) is 65.7 cm³/mol. The van der Waals surface area contributed by atoms with Gasteiger partial charge in [-0.2, -0.15) is 4.98 Å². The average Bonchev–Trinajstić information content (AvgIpc) is 2.76. The minimum absolute atomic E-state index is 0.169. The molecule has 1 unspecified atom stereocenters. The number of hydrogen-bond donors (Lipinski definition) is 1. The maximum atomic E-state index is 11.4. The number of sulfone groups is 1. The molecule has 1 aliphatic heterocycles. The summed E-state index contributed by atoms with van der Waals surface area (Å²) in [6, 6.07) is 0. The predicted octanol–water partition coefficient (Wildman–Crippen LogP) is -0.420. The summed E-state index contributed by atoms with van der Waals surface area (Å²) in [5, 5.41) is 6.34. The van der Waals surface area contributed by atoms with Crippen LogP contribution >= 0.6 is 0 Å². The van der Waals surface area contributed by atoms with Gasteiger partial charge in [-0.3, -0.25) is 4.90 Å². The van der Waals surface area contributed by atoms with Gasteiger partial charge in [-0.1, -0.05) is 5.16 Å². The van der Waals surface area contributed by atoms with Crippen LogP contribution in [-0.4, -0.2) is 55.9 Å². The van der Waals surface area contributed by atoms with Crippen LogP contribution in [0.1, 0.15) is 23.9 Å². The zero-order valence-electron chi connectivity index (χ0n) is 10.6. The normalized spacial score (nSPS) is 19.9. The van der Waals surface area contributed by atoms with Crippen molar-refractivity contribution in [3.8, 4) is 0 Å². The first-order chi connectivity index (χ1) is 8.47. The first-order valence-electron chi connectivity index (χ1n) is 5.91. The second-order valence-electron chi connectivity index (χ2n) is 4.55. The van der Waals surface area contributed by atoms with E-state index >= 15 is 0 Å². The molecular weight excluding hydrogens is 256 g/mol. The van der Waals surface area contributed by atoms with Gasteiger partial charge in [0, 0.05) is 32.4 Å². The summed E-state index contributed by atoms with van der Waals surface area (Å²) in [4.78, 5) is 6.36. The molecule has 0 radical (unpaired) electrons. The van der Waals surface area contributed by atoms with Crippen molar-refractivity contribution in [1.82, 2.24) is 20.4 Å². The van der Waals surface area contributed by atoms with Gasteiger partial charge in [-0.05, 0) is 6.92 Å². The van der Waals surface area contributed by atoms with Gasteiger partial charge in [-0.25, -0.2) is 8.42 Å². The lowest BCUT2D eigenvalue weighted by molar-refractivity contribution is 0.224. The van der Waals surface area contributed by atoms with Crippen molar-refractivity contribution in [1.29, 1.82) is 0 Å². The number of nitrogens with one attached hydrogen (secondary N) is 1. The summed E-state index contributed by atoms with van der Waals surface area (Å²) in [7, 11) is -3.20. The summed E-state index contributed by atoms with van der Waals surface area (Å²) in [5.74, 6) is 0.713. The van der Waals surface area contributed by atoms with Crippen LogP contribution in [0.2, 0.25) is 0 Å². The molecule has 1 aliphatic rings. The fourth-order valence-electron chi connectivity index (χ4n) is 1.75. The van der Waals surface area contributed by atoms with Gasteiger partial charge in [-0.15, -0.1) is 0 Å². The molecule has 2 heterocycles. The van der Waals surface area contributed by atoms with E-state index in [2.05, 4.69) is 20.4 Å². The Hall–Kier alpha value is -0.990. The summed E-state index contributed by atoms with van der Waals surface area (Å²) >= 11 is 0. The van der Waals surface area contributed by atoms with Crippen molar-refractivity contribution in [2.24, 2.45) is 0 Å². The molecule has 0 spiro atoms. The van der Waals surface area contributed by atoms with Crippen molar-refractivity contribution < 1.29 is 12.9 Å². The van der Waals surface area contributed by atoms with Crippen LogP contribution in [0.15, 0.2) is 4.52 Å². The Balaban J connectivity index is 2.01. The molecule has 102 valence electrons. The highest BCUT2D eigenvalue weighted by molar-refractivity contribution is 7.90. The molecule has 0 bridgehead atoms. The van der Waals surface area contributed by atoms with Crippen LogP contribution in [0.25, 0.3) is 0 Å². The largest absolute Gasteiger partial charge is 0.338 e. The molecule has 8 heteroatoms. The summed E-state index contributed by atoms with van der Waals surface area (Å²) < 4.78 is 27.8. The minimum Gasteiger partial charge on any atom is -0.338 e. The Morgan fingerprint density at radius 1 is 1.44 bits per heavy atom. The third-order valence-electron chi connectivity index (χ3n) is 3.05. The molecule has 18 heavy (non-hydrogen) atoms. The molecule has 0 saturated carbocycles. The first kappa shape index (κ1) is 13.4. The lowest BCUT2D eigenvalue weighted by atomic mass is 10.3. The maximum absolute atomic E-state index is 11.4. The van der Waals surface area contributed by atoms with Crippen LogP contribution in [0.4, 0.5) is 0 Å². The van der Waals surface area contributed by atoms with Gasteiger partial charge in [0.05, 0.1) is 6.54 Å². The second kappa shape index (κ2) is 5.33. The third kappa shape index (κ3) is 3.27. The standard InChI is InChI=1S/C10H18N4O3S/c1-8(18(2,15)16)10-12-9(13-17-10)7-14-5-3-11-4-6-14/h8,11H,3-7H2,1-2H3. The van der Waals surface area contributed by atoms with Crippen molar-refractivity contribution in [3.05, 3.63) is 11.7 Å². The number of hydrogen-bond acceptors (Lipinski definition) is 7. The van der Waals surface area contributed by atoms with Gasteiger partial charge in [0.1, 0.15) is 5.25 Å². The molecule has 1 aromatic rings. The highest BCUT2D eigenvalue weighted by Gasteiger charge is 2.24. The highest BCUT2D eigenvalue weighted by atomic mass is 32.2. The van der Waals surface area contributed by atoms with Crippen LogP contribution in [-0.2, 0) is 16.4 Å². The van der Waals surface area contributed by atoms with E-state index in [0.717, 1.165) is 32.4 Å². The van der Waals surface area contributed by atoms with Gasteiger partial charge >= 0.3 is 0 Å². The Bertz CT molecular complexity index is 493. The monoisotopic (exact) mass is 274 g/mol. The van der Waals surface area contributed by atoms with E-state index in [1.54, 1.807) is 6.92 Å². The van der Waals surface area contributed by atoms with Gasteiger partial charge in [0.25, 0.3) is 0 Å². The lowest BCUT2D eigenvalue weighted by Crippen LogP contribution is -2.43. The number of nitrogens with zero attached hydrogens (tertiary/aromatic N) is 3. The topological polar surface area (TPSA) is 88.3 Å². The van der Waals surface area contributed by atoms with Crippen LogP contribution in [0.3, 0.4) is 0 Å². The Kier molecular flexibility index (Phi) is 3.98. The summed E-state index contributed by atoms with van der Waals surface area (Å²) in [6.45, 7) is 5.92. The van der Waals surface area contributed by atoms with Gasteiger partial charge in [0.15, 0.2) is 15.7 Å². The van der Waals surface area contributed by atoms with Gasteiger partial charge < -0.3 is 9.84 Å². The minimum atomic E-state index is -3.20. The van der Waals surface area contributed by atoms with Crippen LogP contribution in [0, 0.1) is 0 Å². The molecule has 1 fully saturated rings. The quantitative estimate of drug-likeness (QED) is 0.797. The SMILES string of the molecule is CC(c1nc(CN2CCNCC2)no1)S(C)(=O)=O. The van der Waals surface area contributed by atoms with Crippen molar-refractivity contribution in [3.63, 3.8) is 0 Å². The molecule has 1 atom stereocenters. The van der Waals surface area contributed by atoms with Crippen LogP contribution < -0.4 is 5.32 Å². The molecule has 0 aliphatic carbocycles. The molecular formula is C10H18N4O3S. The Morgan fingerprint density at radius 3 is 2.72 bits per heavy atom.